The molecule has 0 saturated carbocycles. The second-order valence-electron chi connectivity index (χ2n) is 3.65. The van der Waals surface area contributed by atoms with Crippen molar-refractivity contribution >= 4 is 17.6 Å². The molecule has 0 radical (unpaired) electrons. The van der Waals surface area contributed by atoms with Gasteiger partial charge in [0.15, 0.2) is 0 Å². The lowest BCUT2D eigenvalue weighted by molar-refractivity contribution is 0.0523. The van der Waals surface area contributed by atoms with Crippen molar-refractivity contribution in [1.82, 2.24) is 4.98 Å². The summed E-state index contributed by atoms with van der Waals surface area (Å²) in [6, 6.07) is 8.53. The summed E-state index contributed by atoms with van der Waals surface area (Å²) in [5.74, 6) is 0.465. The lowest BCUT2D eigenvalue weighted by Crippen LogP contribution is -2.06. The van der Waals surface area contributed by atoms with Crippen molar-refractivity contribution in [2.75, 3.05) is 6.61 Å². The Bertz CT molecular complexity index is 586. The van der Waals surface area contributed by atoms with Gasteiger partial charge in [-0.25, -0.2) is 4.79 Å². The number of hydrogen-bond acceptors (Lipinski definition) is 4. The number of rotatable bonds is 4. The first kappa shape index (κ1) is 13.4. The number of aromatic nitrogens is 1. The van der Waals surface area contributed by atoms with Gasteiger partial charge in [-0.1, -0.05) is 17.7 Å². The summed E-state index contributed by atoms with van der Waals surface area (Å²) in [4.78, 5) is 15.7. The zero-order valence-electron chi connectivity index (χ0n) is 10.3. The Labute approximate surface area is 115 Å². The quantitative estimate of drug-likeness (QED) is 0.800. The predicted octanol–water partition coefficient (Wildman–Crippen LogP) is 3.70. The number of ether oxygens (including phenoxy) is 2. The molecule has 0 bridgehead atoms. The first-order valence-corrected chi connectivity index (χ1v) is 6.13. The van der Waals surface area contributed by atoms with Crippen LogP contribution in [0.25, 0.3) is 0 Å². The third kappa shape index (κ3) is 3.45. The maximum atomic E-state index is 11.8. The van der Waals surface area contributed by atoms with E-state index in [-0.39, 0.29) is 5.56 Å². The smallest absolute Gasteiger partial charge is 0.343 e. The van der Waals surface area contributed by atoms with E-state index in [9.17, 15) is 4.79 Å². The standard InChI is InChI=1S/C14H12ClNO3/c1-2-18-14(17)12-9-16-7-6-13(12)19-11-5-3-4-10(15)8-11/h3-9H,2H2,1H3. The molecule has 5 heteroatoms. The van der Waals surface area contributed by atoms with Gasteiger partial charge in [-0.05, 0) is 25.1 Å². The molecule has 0 spiro atoms. The van der Waals surface area contributed by atoms with Crippen LogP contribution >= 0.6 is 11.6 Å². The lowest BCUT2D eigenvalue weighted by atomic mass is 10.2. The zero-order chi connectivity index (χ0) is 13.7. The number of hydrogen-bond donors (Lipinski definition) is 0. The highest BCUT2D eigenvalue weighted by Crippen LogP contribution is 2.26. The summed E-state index contributed by atoms with van der Waals surface area (Å²) in [5.41, 5.74) is 0.282. The fourth-order valence-corrected chi connectivity index (χ4v) is 1.67. The average molecular weight is 278 g/mol. The van der Waals surface area contributed by atoms with E-state index in [2.05, 4.69) is 4.98 Å². The number of halogens is 1. The Kier molecular flexibility index (Phi) is 4.36. The van der Waals surface area contributed by atoms with Gasteiger partial charge in [-0.15, -0.1) is 0 Å². The first-order chi connectivity index (χ1) is 9.20. The van der Waals surface area contributed by atoms with Gasteiger partial charge in [0, 0.05) is 23.5 Å². The van der Waals surface area contributed by atoms with E-state index in [4.69, 9.17) is 21.1 Å². The highest BCUT2D eigenvalue weighted by Gasteiger charge is 2.14. The Balaban J connectivity index is 2.27. The molecule has 1 aromatic carbocycles. The minimum Gasteiger partial charge on any atom is -0.462 e. The number of nitrogens with zero attached hydrogens (tertiary/aromatic N) is 1. The number of carbonyl (C=O) groups is 1. The van der Waals surface area contributed by atoms with Crippen LogP contribution in [-0.2, 0) is 4.74 Å². The maximum absolute atomic E-state index is 11.8. The monoisotopic (exact) mass is 277 g/mol. The Morgan fingerprint density at radius 2 is 2.21 bits per heavy atom. The summed E-state index contributed by atoms with van der Waals surface area (Å²) < 4.78 is 10.6. The van der Waals surface area contributed by atoms with E-state index in [0.29, 0.717) is 23.1 Å². The fourth-order valence-electron chi connectivity index (χ4n) is 1.49. The van der Waals surface area contributed by atoms with E-state index < -0.39 is 5.97 Å². The van der Waals surface area contributed by atoms with E-state index in [0.717, 1.165) is 0 Å². The first-order valence-electron chi connectivity index (χ1n) is 5.75. The van der Waals surface area contributed by atoms with Crippen molar-refractivity contribution in [2.45, 2.75) is 6.92 Å². The topological polar surface area (TPSA) is 48.4 Å². The molecule has 0 aliphatic heterocycles. The summed E-state index contributed by atoms with van der Waals surface area (Å²) >= 11 is 5.88. The zero-order valence-corrected chi connectivity index (χ0v) is 11.1. The van der Waals surface area contributed by atoms with E-state index >= 15 is 0 Å². The summed E-state index contributed by atoms with van der Waals surface area (Å²) in [7, 11) is 0. The van der Waals surface area contributed by atoms with E-state index in [1.165, 1.54) is 6.20 Å². The van der Waals surface area contributed by atoms with Gasteiger partial charge in [-0.3, -0.25) is 4.98 Å². The molecule has 4 nitrogen and oxygen atoms in total. The van der Waals surface area contributed by atoms with E-state index in [1.807, 2.05) is 0 Å². The van der Waals surface area contributed by atoms with Crippen LogP contribution < -0.4 is 4.74 Å². The second kappa shape index (κ2) is 6.20. The molecule has 0 atom stereocenters. The molecule has 0 amide bonds. The average Bonchev–Trinajstić information content (AvgIpc) is 2.39. The van der Waals surface area contributed by atoms with Crippen molar-refractivity contribution in [1.29, 1.82) is 0 Å². The fraction of sp³-hybridized carbons (Fsp3) is 0.143. The maximum Gasteiger partial charge on any atom is 0.343 e. The van der Waals surface area contributed by atoms with Gasteiger partial charge >= 0.3 is 5.97 Å². The molecule has 2 rings (SSSR count). The van der Waals surface area contributed by atoms with Gasteiger partial charge < -0.3 is 9.47 Å². The van der Waals surface area contributed by atoms with Crippen molar-refractivity contribution < 1.29 is 14.3 Å². The normalized spacial score (nSPS) is 10.0. The summed E-state index contributed by atoms with van der Waals surface area (Å²) in [6.45, 7) is 2.04. The molecule has 2 aromatic rings. The number of pyridine rings is 1. The van der Waals surface area contributed by atoms with Crippen LogP contribution in [0.5, 0.6) is 11.5 Å². The SMILES string of the molecule is CCOC(=O)c1cnccc1Oc1cccc(Cl)c1. The van der Waals surface area contributed by atoms with E-state index in [1.54, 1.807) is 43.5 Å². The summed E-state index contributed by atoms with van der Waals surface area (Å²) in [6.07, 6.45) is 2.96. The minimum atomic E-state index is -0.465. The second-order valence-corrected chi connectivity index (χ2v) is 4.09. The molecule has 0 aliphatic carbocycles. The van der Waals surface area contributed by atoms with Crippen LogP contribution in [0.15, 0.2) is 42.7 Å². The number of esters is 1. The van der Waals surface area contributed by atoms with Gasteiger partial charge in [0.05, 0.1) is 6.61 Å². The molecule has 0 fully saturated rings. The van der Waals surface area contributed by atoms with Crippen LogP contribution in [-0.4, -0.2) is 17.6 Å². The third-order valence-electron chi connectivity index (χ3n) is 2.30. The van der Waals surface area contributed by atoms with Crippen LogP contribution in [0.3, 0.4) is 0 Å². The van der Waals surface area contributed by atoms with Gasteiger partial charge in [0.25, 0.3) is 0 Å². The molecule has 1 heterocycles. The molecular weight excluding hydrogens is 266 g/mol. The number of benzene rings is 1. The van der Waals surface area contributed by atoms with Crippen LogP contribution in [0, 0.1) is 0 Å². The molecule has 1 aromatic heterocycles. The third-order valence-corrected chi connectivity index (χ3v) is 2.54. The Morgan fingerprint density at radius 1 is 1.37 bits per heavy atom. The van der Waals surface area contributed by atoms with Gasteiger partial charge in [0.2, 0.25) is 0 Å². The molecule has 0 aliphatic rings. The molecule has 0 N–H and O–H groups in total. The van der Waals surface area contributed by atoms with Crippen molar-refractivity contribution in [2.24, 2.45) is 0 Å². The lowest BCUT2D eigenvalue weighted by Gasteiger charge is -2.09. The van der Waals surface area contributed by atoms with Gasteiger partial charge in [0.1, 0.15) is 17.1 Å². The molecule has 19 heavy (non-hydrogen) atoms. The highest BCUT2D eigenvalue weighted by molar-refractivity contribution is 6.30. The predicted molar refractivity (Wildman–Crippen MR) is 71.7 cm³/mol. The van der Waals surface area contributed by atoms with Crippen LogP contribution in [0.1, 0.15) is 17.3 Å². The Morgan fingerprint density at radius 3 is 2.95 bits per heavy atom. The van der Waals surface area contributed by atoms with Crippen molar-refractivity contribution in [3.05, 3.63) is 53.3 Å². The minimum absolute atomic E-state index is 0.282. The largest absolute Gasteiger partial charge is 0.462 e. The van der Waals surface area contributed by atoms with Crippen LogP contribution in [0.2, 0.25) is 5.02 Å². The Hall–Kier alpha value is -2.07. The number of carbonyl (C=O) groups excluding carboxylic acids is 1. The molecular formula is C14H12ClNO3. The molecule has 0 unspecified atom stereocenters. The molecule has 0 saturated heterocycles. The molecule has 98 valence electrons. The van der Waals surface area contributed by atoms with Gasteiger partial charge in [-0.2, -0.15) is 0 Å². The highest BCUT2D eigenvalue weighted by atomic mass is 35.5. The van der Waals surface area contributed by atoms with Crippen molar-refractivity contribution in [3.63, 3.8) is 0 Å². The van der Waals surface area contributed by atoms with Crippen molar-refractivity contribution in [3.8, 4) is 11.5 Å². The van der Waals surface area contributed by atoms with Crippen LogP contribution in [0.4, 0.5) is 0 Å². The summed E-state index contributed by atoms with van der Waals surface area (Å²) in [5, 5.41) is 0.559.